The Morgan fingerprint density at radius 1 is 1.47 bits per heavy atom. The normalized spacial score (nSPS) is 10.9. The van der Waals surface area contributed by atoms with Crippen molar-refractivity contribution in [3.63, 3.8) is 0 Å². The van der Waals surface area contributed by atoms with Crippen molar-refractivity contribution >= 4 is 39.3 Å². The van der Waals surface area contributed by atoms with Gasteiger partial charge in [0.05, 0.1) is 15.9 Å². The van der Waals surface area contributed by atoms with E-state index in [1.807, 2.05) is 11.8 Å². The number of rotatable bonds is 6. The predicted octanol–water partition coefficient (Wildman–Crippen LogP) is 3.70. The lowest BCUT2D eigenvalue weighted by molar-refractivity contribution is 0.627. The van der Waals surface area contributed by atoms with Crippen LogP contribution in [0.15, 0.2) is 4.47 Å². The molecule has 0 radical (unpaired) electrons. The molecule has 15 heavy (non-hydrogen) atoms. The molecule has 0 saturated carbocycles. The van der Waals surface area contributed by atoms with E-state index in [9.17, 15) is 0 Å². The average Bonchev–Trinajstić information content (AvgIpc) is 2.56. The van der Waals surface area contributed by atoms with E-state index in [1.165, 1.54) is 10.2 Å². The van der Waals surface area contributed by atoms with Crippen LogP contribution in [0, 0.1) is 0 Å². The Morgan fingerprint density at radius 2 is 2.20 bits per heavy atom. The van der Waals surface area contributed by atoms with E-state index in [0.29, 0.717) is 5.88 Å². The smallest absolute Gasteiger partial charge is 0.0767 e. The van der Waals surface area contributed by atoms with Gasteiger partial charge in [-0.3, -0.25) is 4.68 Å². The van der Waals surface area contributed by atoms with Crippen LogP contribution < -0.4 is 0 Å². The number of thioether (sulfide) groups is 1. The third kappa shape index (κ3) is 3.40. The molecule has 0 fully saturated rings. The van der Waals surface area contributed by atoms with E-state index in [2.05, 4.69) is 39.6 Å². The molecule has 0 spiro atoms. The second kappa shape index (κ2) is 6.81. The van der Waals surface area contributed by atoms with Crippen LogP contribution in [-0.2, 0) is 18.7 Å². The van der Waals surface area contributed by atoms with Gasteiger partial charge >= 0.3 is 0 Å². The van der Waals surface area contributed by atoms with E-state index >= 15 is 0 Å². The number of hydrogen-bond donors (Lipinski definition) is 0. The Balaban J connectivity index is 2.78. The molecule has 1 aromatic heterocycles. The molecule has 2 nitrogen and oxygen atoms in total. The van der Waals surface area contributed by atoms with Crippen molar-refractivity contribution in [2.45, 2.75) is 32.6 Å². The van der Waals surface area contributed by atoms with Gasteiger partial charge in [0.2, 0.25) is 0 Å². The van der Waals surface area contributed by atoms with Crippen molar-refractivity contribution < 1.29 is 0 Å². The summed E-state index contributed by atoms with van der Waals surface area (Å²) in [5, 5.41) is 4.55. The zero-order valence-corrected chi connectivity index (χ0v) is 12.3. The summed E-state index contributed by atoms with van der Waals surface area (Å²) < 4.78 is 3.25. The maximum Gasteiger partial charge on any atom is 0.0767 e. The molecule has 0 N–H and O–H groups in total. The fourth-order valence-corrected chi connectivity index (χ4v) is 3.34. The molecule has 0 unspecified atom stereocenters. The second-order valence-corrected chi connectivity index (χ2v) is 5.39. The Hall–Kier alpha value is 0.330. The number of nitrogens with zero attached hydrogens (tertiary/aromatic N) is 2. The molecule has 1 heterocycles. The zero-order chi connectivity index (χ0) is 11.3. The lowest BCUT2D eigenvalue weighted by Crippen LogP contribution is -2.02. The first-order valence-electron chi connectivity index (χ1n) is 5.12. The van der Waals surface area contributed by atoms with Gasteiger partial charge in [-0.1, -0.05) is 6.92 Å². The number of hydrogen-bond acceptors (Lipinski definition) is 2. The summed E-state index contributed by atoms with van der Waals surface area (Å²) in [6.45, 7) is 5.17. The van der Waals surface area contributed by atoms with E-state index in [0.717, 1.165) is 30.2 Å². The largest absolute Gasteiger partial charge is 0.268 e. The Bertz CT molecular complexity index is 315. The van der Waals surface area contributed by atoms with Crippen LogP contribution in [0.4, 0.5) is 0 Å². The molecule has 1 rings (SSSR count). The minimum Gasteiger partial charge on any atom is -0.268 e. The van der Waals surface area contributed by atoms with E-state index in [-0.39, 0.29) is 0 Å². The Morgan fingerprint density at radius 3 is 2.73 bits per heavy atom. The van der Waals surface area contributed by atoms with Gasteiger partial charge in [0.25, 0.3) is 0 Å². The van der Waals surface area contributed by atoms with Crippen LogP contribution in [0.5, 0.6) is 0 Å². The lowest BCUT2D eigenvalue weighted by Gasteiger charge is -2.04. The zero-order valence-electron chi connectivity index (χ0n) is 9.09. The van der Waals surface area contributed by atoms with Crippen LogP contribution >= 0.6 is 39.3 Å². The Labute approximate surface area is 109 Å². The van der Waals surface area contributed by atoms with Gasteiger partial charge in [0.15, 0.2) is 0 Å². The highest BCUT2D eigenvalue weighted by molar-refractivity contribution is 9.10. The van der Waals surface area contributed by atoms with E-state index in [4.69, 9.17) is 11.6 Å². The highest BCUT2D eigenvalue weighted by Crippen LogP contribution is 2.26. The van der Waals surface area contributed by atoms with E-state index in [1.54, 1.807) is 0 Å². The van der Waals surface area contributed by atoms with Gasteiger partial charge in [-0.2, -0.15) is 16.9 Å². The SMILES string of the molecule is CCc1nn(CC)c(CSCCCl)c1Br. The third-order valence-corrected chi connectivity index (χ3v) is 4.45. The molecular weight excluding hydrogens is 296 g/mol. The summed E-state index contributed by atoms with van der Waals surface area (Å²) in [7, 11) is 0. The standard InChI is InChI=1S/C10H16BrClN2S/c1-3-8-10(11)9(7-15-6-5-12)14(4-2)13-8/h3-7H2,1-2H3. The van der Waals surface area contributed by atoms with E-state index < -0.39 is 0 Å². The third-order valence-electron chi connectivity index (χ3n) is 2.15. The maximum absolute atomic E-state index is 5.66. The van der Waals surface area contributed by atoms with Crippen molar-refractivity contribution in [1.29, 1.82) is 0 Å². The molecule has 86 valence electrons. The highest BCUT2D eigenvalue weighted by atomic mass is 79.9. The number of aromatic nitrogens is 2. The number of alkyl halides is 1. The molecule has 0 aliphatic heterocycles. The first-order chi connectivity index (χ1) is 7.24. The second-order valence-electron chi connectivity index (χ2n) is 3.12. The summed E-state index contributed by atoms with van der Waals surface area (Å²) in [5.74, 6) is 2.68. The molecule has 0 bridgehead atoms. The maximum atomic E-state index is 5.66. The molecule has 0 amide bonds. The highest BCUT2D eigenvalue weighted by Gasteiger charge is 2.13. The summed E-state index contributed by atoms with van der Waals surface area (Å²) >= 11 is 11.1. The number of aryl methyl sites for hydroxylation is 2. The first kappa shape index (κ1) is 13.4. The van der Waals surface area contributed by atoms with Gasteiger partial charge in [0.1, 0.15) is 0 Å². The van der Waals surface area contributed by atoms with Crippen molar-refractivity contribution in [2.24, 2.45) is 0 Å². The van der Waals surface area contributed by atoms with Gasteiger partial charge in [-0.15, -0.1) is 11.6 Å². The van der Waals surface area contributed by atoms with Gasteiger partial charge < -0.3 is 0 Å². The quantitative estimate of drug-likeness (QED) is 0.589. The van der Waals surface area contributed by atoms with Crippen molar-refractivity contribution in [3.05, 3.63) is 15.9 Å². The minimum atomic E-state index is 0.711. The van der Waals surface area contributed by atoms with Gasteiger partial charge in [0, 0.05) is 23.9 Å². The molecule has 0 aromatic carbocycles. The van der Waals surface area contributed by atoms with Gasteiger partial charge in [-0.05, 0) is 29.3 Å². The molecular formula is C10H16BrClN2S. The molecule has 0 saturated heterocycles. The summed E-state index contributed by atoms with van der Waals surface area (Å²) in [6.07, 6.45) is 0.973. The predicted molar refractivity (Wildman–Crippen MR) is 71.9 cm³/mol. The number of halogens is 2. The van der Waals surface area contributed by atoms with Crippen molar-refractivity contribution in [3.8, 4) is 0 Å². The van der Waals surface area contributed by atoms with Crippen LogP contribution in [0.3, 0.4) is 0 Å². The van der Waals surface area contributed by atoms with Crippen molar-refractivity contribution in [2.75, 3.05) is 11.6 Å². The monoisotopic (exact) mass is 310 g/mol. The Kier molecular flexibility index (Phi) is 6.09. The van der Waals surface area contributed by atoms with Crippen LogP contribution in [0.2, 0.25) is 0 Å². The van der Waals surface area contributed by atoms with Crippen molar-refractivity contribution in [1.82, 2.24) is 9.78 Å². The molecule has 0 atom stereocenters. The first-order valence-corrected chi connectivity index (χ1v) is 7.60. The fourth-order valence-electron chi connectivity index (χ4n) is 1.38. The van der Waals surface area contributed by atoms with Crippen LogP contribution in [0.25, 0.3) is 0 Å². The summed E-state index contributed by atoms with van der Waals surface area (Å²) in [5.41, 5.74) is 2.43. The average molecular weight is 312 g/mol. The lowest BCUT2D eigenvalue weighted by atomic mass is 10.3. The minimum absolute atomic E-state index is 0.711. The molecule has 0 aliphatic carbocycles. The topological polar surface area (TPSA) is 17.8 Å². The van der Waals surface area contributed by atoms with Crippen LogP contribution in [-0.4, -0.2) is 21.4 Å². The molecule has 5 heteroatoms. The summed E-state index contributed by atoms with van der Waals surface area (Å²) in [6, 6.07) is 0. The summed E-state index contributed by atoms with van der Waals surface area (Å²) in [4.78, 5) is 0. The fraction of sp³-hybridized carbons (Fsp3) is 0.700. The van der Waals surface area contributed by atoms with Gasteiger partial charge in [-0.25, -0.2) is 0 Å². The molecule has 1 aromatic rings. The van der Waals surface area contributed by atoms with Crippen LogP contribution in [0.1, 0.15) is 25.2 Å². The molecule has 0 aliphatic rings.